The quantitative estimate of drug-likeness (QED) is 0.647. The van der Waals surface area contributed by atoms with Gasteiger partial charge in [-0.05, 0) is 17.5 Å². The van der Waals surface area contributed by atoms with Gasteiger partial charge in [0.05, 0.1) is 10.5 Å². The minimum atomic E-state index is -0.340. The SMILES string of the molecule is CC(C)(C)c1c[nH]c(-c2cccc(Cl)c2)c1[N+](=O)[O-]. The fraction of sp³-hybridized carbons (Fsp3) is 0.286. The lowest BCUT2D eigenvalue weighted by Crippen LogP contribution is -2.12. The van der Waals surface area contributed by atoms with Crippen LogP contribution in [0.2, 0.25) is 5.02 Å². The van der Waals surface area contributed by atoms with Crippen LogP contribution in [0.15, 0.2) is 30.5 Å². The highest BCUT2D eigenvalue weighted by molar-refractivity contribution is 6.30. The van der Waals surface area contributed by atoms with Crippen molar-refractivity contribution in [2.75, 3.05) is 0 Å². The van der Waals surface area contributed by atoms with Crippen LogP contribution in [0.25, 0.3) is 11.3 Å². The number of H-pyrrole nitrogens is 1. The minimum Gasteiger partial charge on any atom is -0.355 e. The predicted molar refractivity (Wildman–Crippen MR) is 76.6 cm³/mol. The summed E-state index contributed by atoms with van der Waals surface area (Å²) in [6, 6.07) is 7.04. The number of nitrogens with one attached hydrogen (secondary N) is 1. The molecule has 0 amide bonds. The molecule has 0 saturated carbocycles. The van der Waals surface area contributed by atoms with Crippen LogP contribution < -0.4 is 0 Å². The molecule has 0 unspecified atom stereocenters. The van der Waals surface area contributed by atoms with E-state index < -0.39 is 0 Å². The van der Waals surface area contributed by atoms with Crippen molar-refractivity contribution in [1.82, 2.24) is 4.98 Å². The molecule has 1 heterocycles. The number of rotatable bonds is 2. The van der Waals surface area contributed by atoms with E-state index in [4.69, 9.17) is 11.6 Å². The fourth-order valence-corrected chi connectivity index (χ4v) is 2.23. The van der Waals surface area contributed by atoms with Gasteiger partial charge in [0, 0.05) is 16.8 Å². The average molecular weight is 279 g/mol. The highest BCUT2D eigenvalue weighted by atomic mass is 35.5. The first-order chi connectivity index (χ1) is 8.80. The van der Waals surface area contributed by atoms with Crippen molar-refractivity contribution in [1.29, 1.82) is 0 Å². The van der Waals surface area contributed by atoms with Crippen molar-refractivity contribution in [2.45, 2.75) is 26.2 Å². The lowest BCUT2D eigenvalue weighted by molar-refractivity contribution is -0.385. The Labute approximate surface area is 116 Å². The molecule has 4 nitrogen and oxygen atoms in total. The van der Waals surface area contributed by atoms with Gasteiger partial charge >= 0.3 is 0 Å². The molecular weight excluding hydrogens is 264 g/mol. The topological polar surface area (TPSA) is 58.9 Å². The Balaban J connectivity index is 2.66. The van der Waals surface area contributed by atoms with Gasteiger partial charge < -0.3 is 4.98 Å². The Morgan fingerprint density at radius 1 is 1.32 bits per heavy atom. The van der Waals surface area contributed by atoms with Gasteiger partial charge in [0.2, 0.25) is 0 Å². The minimum absolute atomic E-state index is 0.120. The normalized spacial score (nSPS) is 11.6. The van der Waals surface area contributed by atoms with Gasteiger partial charge in [0.1, 0.15) is 5.69 Å². The Morgan fingerprint density at radius 3 is 2.53 bits per heavy atom. The summed E-state index contributed by atoms with van der Waals surface area (Å²) in [5.74, 6) is 0. The lowest BCUT2D eigenvalue weighted by Gasteiger charge is -2.15. The van der Waals surface area contributed by atoms with Gasteiger partial charge in [-0.25, -0.2) is 0 Å². The molecule has 1 aromatic carbocycles. The maximum atomic E-state index is 11.4. The first-order valence-electron chi connectivity index (χ1n) is 5.93. The molecule has 0 radical (unpaired) electrons. The van der Waals surface area contributed by atoms with E-state index in [2.05, 4.69) is 4.98 Å². The molecule has 0 aliphatic carbocycles. The molecule has 0 spiro atoms. The van der Waals surface area contributed by atoms with Crippen LogP contribution in [0.5, 0.6) is 0 Å². The summed E-state index contributed by atoms with van der Waals surface area (Å²) >= 11 is 5.94. The Bertz CT molecular complexity index is 627. The van der Waals surface area contributed by atoms with E-state index in [0.717, 1.165) is 5.56 Å². The average Bonchev–Trinajstić information content (AvgIpc) is 2.72. The van der Waals surface area contributed by atoms with Crippen molar-refractivity contribution in [3.63, 3.8) is 0 Å². The molecule has 2 rings (SSSR count). The number of nitrogens with zero attached hydrogens (tertiary/aromatic N) is 1. The summed E-state index contributed by atoms with van der Waals surface area (Å²) in [5.41, 5.74) is 1.73. The zero-order chi connectivity index (χ0) is 14.2. The van der Waals surface area contributed by atoms with Crippen molar-refractivity contribution >= 4 is 17.3 Å². The van der Waals surface area contributed by atoms with Gasteiger partial charge in [0.15, 0.2) is 0 Å². The van der Waals surface area contributed by atoms with Crippen molar-refractivity contribution in [3.8, 4) is 11.3 Å². The second-order valence-electron chi connectivity index (χ2n) is 5.44. The van der Waals surface area contributed by atoms with E-state index in [9.17, 15) is 10.1 Å². The molecule has 0 fully saturated rings. The van der Waals surface area contributed by atoms with Crippen LogP contribution in [-0.4, -0.2) is 9.91 Å². The van der Waals surface area contributed by atoms with Crippen molar-refractivity contribution < 1.29 is 4.92 Å². The maximum Gasteiger partial charge on any atom is 0.298 e. The van der Waals surface area contributed by atoms with Crippen molar-refractivity contribution in [2.24, 2.45) is 0 Å². The fourth-order valence-electron chi connectivity index (χ4n) is 2.04. The second-order valence-corrected chi connectivity index (χ2v) is 5.88. The smallest absolute Gasteiger partial charge is 0.298 e. The maximum absolute atomic E-state index is 11.4. The predicted octanol–water partition coefficient (Wildman–Crippen LogP) is 4.54. The summed E-state index contributed by atoms with van der Waals surface area (Å²) in [5, 5.41) is 11.9. The number of aromatic nitrogens is 1. The molecule has 0 atom stereocenters. The Morgan fingerprint density at radius 2 is 2.00 bits per heavy atom. The molecule has 0 saturated heterocycles. The largest absolute Gasteiger partial charge is 0.355 e. The van der Waals surface area contributed by atoms with Gasteiger partial charge in [-0.2, -0.15) is 0 Å². The van der Waals surface area contributed by atoms with Crippen LogP contribution in [-0.2, 0) is 5.41 Å². The first-order valence-corrected chi connectivity index (χ1v) is 6.30. The summed E-state index contributed by atoms with van der Waals surface area (Å²) in [7, 11) is 0. The number of nitro groups is 1. The van der Waals surface area contributed by atoms with Crippen LogP contribution in [0, 0.1) is 10.1 Å². The third kappa shape index (κ3) is 2.63. The first kappa shape index (κ1) is 13.6. The van der Waals surface area contributed by atoms with Gasteiger partial charge in [-0.3, -0.25) is 10.1 Å². The molecule has 0 aliphatic heterocycles. The van der Waals surface area contributed by atoms with E-state index in [1.54, 1.807) is 30.5 Å². The summed E-state index contributed by atoms with van der Waals surface area (Å²) < 4.78 is 0. The van der Waals surface area contributed by atoms with E-state index in [1.165, 1.54) is 0 Å². The van der Waals surface area contributed by atoms with E-state index in [-0.39, 0.29) is 16.0 Å². The zero-order valence-corrected chi connectivity index (χ0v) is 11.8. The van der Waals surface area contributed by atoms with Crippen molar-refractivity contribution in [3.05, 3.63) is 51.2 Å². The zero-order valence-electron chi connectivity index (χ0n) is 11.0. The molecule has 100 valence electrons. The third-order valence-corrected chi connectivity index (χ3v) is 3.19. The Kier molecular flexibility index (Phi) is 3.37. The number of hydrogen-bond acceptors (Lipinski definition) is 2. The van der Waals surface area contributed by atoms with Crippen LogP contribution in [0.4, 0.5) is 5.69 Å². The number of halogens is 1. The second kappa shape index (κ2) is 4.70. The van der Waals surface area contributed by atoms with Crippen LogP contribution >= 0.6 is 11.6 Å². The van der Waals surface area contributed by atoms with Gasteiger partial charge in [-0.1, -0.05) is 44.5 Å². The standard InChI is InChI=1S/C14H15ClN2O2/c1-14(2,3)11-8-16-12(13(11)17(18)19)9-5-4-6-10(15)7-9/h4-8,16H,1-3H3. The molecule has 1 N–H and O–H groups in total. The molecular formula is C14H15ClN2O2. The highest BCUT2D eigenvalue weighted by Crippen LogP contribution is 2.39. The molecule has 19 heavy (non-hydrogen) atoms. The number of benzene rings is 1. The molecule has 0 bridgehead atoms. The third-order valence-electron chi connectivity index (χ3n) is 2.96. The summed E-state index contributed by atoms with van der Waals surface area (Å²) in [6.45, 7) is 5.85. The van der Waals surface area contributed by atoms with Gasteiger partial charge in [0.25, 0.3) is 5.69 Å². The molecule has 5 heteroatoms. The number of hydrogen-bond donors (Lipinski definition) is 1. The van der Waals surface area contributed by atoms with Crippen LogP contribution in [0.3, 0.4) is 0 Å². The highest BCUT2D eigenvalue weighted by Gasteiger charge is 2.30. The Hall–Kier alpha value is -1.81. The monoisotopic (exact) mass is 278 g/mol. The molecule has 1 aromatic heterocycles. The van der Waals surface area contributed by atoms with Gasteiger partial charge in [-0.15, -0.1) is 0 Å². The van der Waals surface area contributed by atoms with Crippen LogP contribution in [0.1, 0.15) is 26.3 Å². The van der Waals surface area contributed by atoms with E-state index >= 15 is 0 Å². The summed E-state index contributed by atoms with van der Waals surface area (Å²) in [6.07, 6.45) is 1.70. The van der Waals surface area contributed by atoms with E-state index in [0.29, 0.717) is 16.3 Å². The molecule has 0 aliphatic rings. The molecule has 2 aromatic rings. The summed E-state index contributed by atoms with van der Waals surface area (Å²) in [4.78, 5) is 14.0. The lowest BCUT2D eigenvalue weighted by atomic mass is 9.87. The number of aromatic amines is 1. The van der Waals surface area contributed by atoms with E-state index in [1.807, 2.05) is 20.8 Å².